The van der Waals surface area contributed by atoms with Gasteiger partial charge < -0.3 is 10.4 Å². The van der Waals surface area contributed by atoms with Crippen LogP contribution in [0.3, 0.4) is 0 Å². The van der Waals surface area contributed by atoms with Crippen molar-refractivity contribution in [3.05, 3.63) is 29.1 Å². The molecule has 1 aromatic rings. The number of aryl methyl sites for hydroxylation is 1. The van der Waals surface area contributed by atoms with Gasteiger partial charge in [0.2, 0.25) is 0 Å². The number of nitriles is 1. The molecule has 19 heavy (non-hydrogen) atoms. The third-order valence-corrected chi connectivity index (χ3v) is 3.47. The lowest BCUT2D eigenvalue weighted by Crippen LogP contribution is -2.50. The molecule has 0 aliphatic heterocycles. The SMILES string of the molecule is CCC(CC)(CO)NC(=O)c1ccc(C#N)c(C)n1. The van der Waals surface area contributed by atoms with Gasteiger partial charge in [0.25, 0.3) is 5.91 Å². The second-order valence-electron chi connectivity index (χ2n) is 4.54. The van der Waals surface area contributed by atoms with Crippen LogP contribution in [0.25, 0.3) is 0 Å². The Morgan fingerprint density at radius 1 is 1.47 bits per heavy atom. The van der Waals surface area contributed by atoms with Crippen LogP contribution in [0.15, 0.2) is 12.1 Å². The number of nitrogens with zero attached hydrogens (tertiary/aromatic N) is 2. The third-order valence-electron chi connectivity index (χ3n) is 3.47. The summed E-state index contributed by atoms with van der Waals surface area (Å²) >= 11 is 0. The number of aliphatic hydroxyl groups excluding tert-OH is 1. The van der Waals surface area contributed by atoms with E-state index in [-0.39, 0.29) is 18.2 Å². The monoisotopic (exact) mass is 261 g/mol. The minimum atomic E-state index is -0.611. The fourth-order valence-corrected chi connectivity index (χ4v) is 1.80. The number of hydrogen-bond acceptors (Lipinski definition) is 4. The third kappa shape index (κ3) is 3.30. The molecule has 5 nitrogen and oxygen atoms in total. The van der Waals surface area contributed by atoms with Crippen molar-refractivity contribution < 1.29 is 9.90 Å². The van der Waals surface area contributed by atoms with E-state index in [1.807, 2.05) is 19.9 Å². The minimum Gasteiger partial charge on any atom is -0.394 e. The molecule has 0 radical (unpaired) electrons. The summed E-state index contributed by atoms with van der Waals surface area (Å²) in [5.74, 6) is -0.328. The molecule has 2 N–H and O–H groups in total. The maximum atomic E-state index is 12.1. The van der Waals surface area contributed by atoms with Crippen molar-refractivity contribution in [1.29, 1.82) is 5.26 Å². The Balaban J connectivity index is 2.96. The van der Waals surface area contributed by atoms with Gasteiger partial charge in [-0.3, -0.25) is 4.79 Å². The van der Waals surface area contributed by atoms with E-state index in [4.69, 9.17) is 5.26 Å². The fraction of sp³-hybridized carbons (Fsp3) is 0.500. The van der Waals surface area contributed by atoms with Gasteiger partial charge in [-0.1, -0.05) is 13.8 Å². The van der Waals surface area contributed by atoms with Gasteiger partial charge in [-0.2, -0.15) is 5.26 Å². The Hall–Kier alpha value is -1.93. The Morgan fingerprint density at radius 3 is 2.53 bits per heavy atom. The summed E-state index contributed by atoms with van der Waals surface area (Å²) in [5.41, 5.74) is 0.630. The van der Waals surface area contributed by atoms with Crippen molar-refractivity contribution in [2.45, 2.75) is 39.2 Å². The van der Waals surface area contributed by atoms with Gasteiger partial charge in [0.05, 0.1) is 23.4 Å². The van der Waals surface area contributed by atoms with Gasteiger partial charge in [-0.15, -0.1) is 0 Å². The second kappa shape index (κ2) is 6.30. The van der Waals surface area contributed by atoms with Crippen LogP contribution < -0.4 is 5.32 Å². The zero-order valence-corrected chi connectivity index (χ0v) is 11.5. The number of pyridine rings is 1. The number of aromatic nitrogens is 1. The zero-order chi connectivity index (χ0) is 14.5. The van der Waals surface area contributed by atoms with Crippen LogP contribution in [0, 0.1) is 18.3 Å². The van der Waals surface area contributed by atoms with Crippen molar-refractivity contribution in [3.8, 4) is 6.07 Å². The number of aliphatic hydroxyl groups is 1. The molecule has 1 heterocycles. The predicted molar refractivity (Wildman–Crippen MR) is 71.6 cm³/mol. The van der Waals surface area contributed by atoms with Crippen molar-refractivity contribution in [1.82, 2.24) is 10.3 Å². The highest BCUT2D eigenvalue weighted by Crippen LogP contribution is 2.15. The van der Waals surface area contributed by atoms with Crippen LogP contribution in [0.5, 0.6) is 0 Å². The Bertz CT molecular complexity index is 494. The number of carbonyl (C=O) groups excluding carboxylic acids is 1. The van der Waals surface area contributed by atoms with Gasteiger partial charge in [0, 0.05) is 0 Å². The van der Waals surface area contributed by atoms with Gasteiger partial charge in [-0.05, 0) is 31.9 Å². The highest BCUT2D eigenvalue weighted by atomic mass is 16.3. The molecule has 0 spiro atoms. The summed E-state index contributed by atoms with van der Waals surface area (Å²) in [4.78, 5) is 16.2. The average molecular weight is 261 g/mol. The van der Waals surface area contributed by atoms with Crippen LogP contribution in [-0.4, -0.2) is 28.1 Å². The maximum absolute atomic E-state index is 12.1. The molecule has 0 saturated carbocycles. The van der Waals surface area contributed by atoms with Crippen LogP contribution in [0.2, 0.25) is 0 Å². The lowest BCUT2D eigenvalue weighted by atomic mass is 9.93. The molecule has 0 aliphatic carbocycles. The molecule has 0 aromatic carbocycles. The molecule has 1 aromatic heterocycles. The molecule has 102 valence electrons. The summed E-state index contributed by atoms with van der Waals surface area (Å²) in [6.07, 6.45) is 1.28. The first kappa shape index (κ1) is 15.1. The summed E-state index contributed by atoms with van der Waals surface area (Å²) in [5, 5.41) is 21.1. The Kier molecular flexibility index (Phi) is 5.02. The largest absolute Gasteiger partial charge is 0.394 e. The Labute approximate surface area is 113 Å². The first-order valence-electron chi connectivity index (χ1n) is 6.33. The predicted octanol–water partition coefficient (Wildman–Crippen LogP) is 1.54. The molecule has 0 aliphatic rings. The van der Waals surface area contributed by atoms with Crippen LogP contribution >= 0.6 is 0 Å². The van der Waals surface area contributed by atoms with E-state index in [0.717, 1.165) is 0 Å². The summed E-state index contributed by atoms with van der Waals surface area (Å²) in [6, 6.07) is 5.11. The molecule has 0 unspecified atom stereocenters. The highest BCUT2D eigenvalue weighted by Gasteiger charge is 2.28. The molecular formula is C14H19N3O2. The molecule has 0 saturated heterocycles. The lowest BCUT2D eigenvalue weighted by molar-refractivity contribution is 0.0812. The molecule has 0 atom stereocenters. The first-order chi connectivity index (χ1) is 9.01. The number of nitrogens with one attached hydrogen (secondary N) is 1. The minimum absolute atomic E-state index is 0.110. The number of amides is 1. The highest BCUT2D eigenvalue weighted by molar-refractivity contribution is 5.93. The summed E-state index contributed by atoms with van der Waals surface area (Å²) in [6.45, 7) is 5.41. The molecule has 1 amide bonds. The van der Waals surface area contributed by atoms with Gasteiger partial charge >= 0.3 is 0 Å². The molecule has 1 rings (SSSR count). The van der Waals surface area contributed by atoms with Crippen LogP contribution in [0.1, 0.15) is 48.4 Å². The van der Waals surface area contributed by atoms with E-state index >= 15 is 0 Å². The fourth-order valence-electron chi connectivity index (χ4n) is 1.80. The summed E-state index contributed by atoms with van der Waals surface area (Å²) in [7, 11) is 0. The van der Waals surface area contributed by atoms with Crippen molar-refractivity contribution in [2.75, 3.05) is 6.61 Å². The van der Waals surface area contributed by atoms with Crippen molar-refractivity contribution >= 4 is 5.91 Å². The van der Waals surface area contributed by atoms with Crippen LogP contribution in [-0.2, 0) is 0 Å². The molecule has 0 fully saturated rings. The van der Waals surface area contributed by atoms with E-state index in [2.05, 4.69) is 10.3 Å². The van der Waals surface area contributed by atoms with Crippen LogP contribution in [0.4, 0.5) is 0 Å². The average Bonchev–Trinajstić information content (AvgIpc) is 2.44. The standard InChI is InChI=1S/C14H19N3O2/c1-4-14(5-2,9-18)17-13(19)12-7-6-11(8-15)10(3)16-12/h6-7,18H,4-5,9H2,1-3H3,(H,17,19). The zero-order valence-electron chi connectivity index (χ0n) is 11.5. The normalized spacial score (nSPS) is 10.9. The molecular weight excluding hydrogens is 242 g/mol. The second-order valence-corrected chi connectivity index (χ2v) is 4.54. The first-order valence-corrected chi connectivity index (χ1v) is 6.33. The maximum Gasteiger partial charge on any atom is 0.270 e. The van der Waals surface area contributed by atoms with E-state index in [1.165, 1.54) is 6.07 Å². The lowest BCUT2D eigenvalue weighted by Gasteiger charge is -2.30. The smallest absolute Gasteiger partial charge is 0.270 e. The number of rotatable bonds is 5. The Morgan fingerprint density at radius 2 is 2.11 bits per heavy atom. The van der Waals surface area contributed by atoms with Gasteiger partial charge in [-0.25, -0.2) is 4.98 Å². The van der Waals surface area contributed by atoms with Gasteiger partial charge in [0.15, 0.2) is 0 Å². The van der Waals surface area contributed by atoms with E-state index in [9.17, 15) is 9.90 Å². The van der Waals surface area contributed by atoms with Gasteiger partial charge in [0.1, 0.15) is 11.8 Å². The summed E-state index contributed by atoms with van der Waals surface area (Å²) < 4.78 is 0. The van der Waals surface area contributed by atoms with Crippen molar-refractivity contribution in [2.24, 2.45) is 0 Å². The van der Waals surface area contributed by atoms with E-state index < -0.39 is 5.54 Å². The van der Waals surface area contributed by atoms with E-state index in [0.29, 0.717) is 24.1 Å². The molecule has 5 heteroatoms. The number of carbonyl (C=O) groups is 1. The molecule has 0 bridgehead atoms. The quantitative estimate of drug-likeness (QED) is 0.841. The number of hydrogen-bond donors (Lipinski definition) is 2. The topological polar surface area (TPSA) is 86.0 Å². The van der Waals surface area contributed by atoms with Crippen molar-refractivity contribution in [3.63, 3.8) is 0 Å². The van der Waals surface area contributed by atoms with E-state index in [1.54, 1.807) is 13.0 Å².